The molecule has 0 aliphatic heterocycles. The molecule has 0 unspecified atom stereocenters. The predicted octanol–water partition coefficient (Wildman–Crippen LogP) is -0.648. The second-order valence-corrected chi connectivity index (χ2v) is 4.06. The lowest BCUT2D eigenvalue weighted by molar-refractivity contribution is -0.122. The minimum atomic E-state index is -0.904. The summed E-state index contributed by atoms with van der Waals surface area (Å²) in [5.41, 5.74) is 5.06. The lowest BCUT2D eigenvalue weighted by Crippen LogP contribution is -2.39. The quantitative estimate of drug-likeness (QED) is 0.618. The second kappa shape index (κ2) is 4.31. The van der Waals surface area contributed by atoms with E-state index < -0.39 is 5.60 Å². The van der Waals surface area contributed by atoms with Gasteiger partial charge in [0.2, 0.25) is 5.91 Å². The third kappa shape index (κ3) is 4.46. The van der Waals surface area contributed by atoms with E-state index in [0.717, 1.165) is 0 Å². The first kappa shape index (κ1) is 11.5. The Labute approximate surface area is 88.1 Å². The minimum Gasteiger partial charge on any atom is -0.396 e. The zero-order valence-corrected chi connectivity index (χ0v) is 8.90. The van der Waals surface area contributed by atoms with E-state index in [0.29, 0.717) is 5.69 Å². The molecule has 1 aromatic rings. The van der Waals surface area contributed by atoms with E-state index >= 15 is 0 Å². The van der Waals surface area contributed by atoms with Gasteiger partial charge >= 0.3 is 0 Å². The Morgan fingerprint density at radius 3 is 2.87 bits per heavy atom. The van der Waals surface area contributed by atoms with Gasteiger partial charge in [-0.05, 0) is 13.8 Å². The first-order valence-corrected chi connectivity index (χ1v) is 4.64. The number of hydrogen-bond acceptors (Lipinski definition) is 4. The number of amides is 1. The van der Waals surface area contributed by atoms with Crippen molar-refractivity contribution in [2.24, 2.45) is 0 Å². The van der Waals surface area contributed by atoms with Crippen LogP contribution in [0, 0.1) is 0 Å². The van der Waals surface area contributed by atoms with Gasteiger partial charge < -0.3 is 16.2 Å². The average Bonchev–Trinajstić information content (AvgIpc) is 2.47. The maximum absolute atomic E-state index is 11.3. The minimum absolute atomic E-state index is 0.104. The largest absolute Gasteiger partial charge is 0.396 e. The van der Waals surface area contributed by atoms with Crippen molar-refractivity contribution < 1.29 is 9.90 Å². The van der Waals surface area contributed by atoms with Crippen LogP contribution in [-0.4, -0.2) is 32.9 Å². The van der Waals surface area contributed by atoms with E-state index in [-0.39, 0.29) is 19.0 Å². The van der Waals surface area contributed by atoms with Gasteiger partial charge in [0.15, 0.2) is 0 Å². The zero-order valence-electron chi connectivity index (χ0n) is 8.90. The van der Waals surface area contributed by atoms with E-state index in [4.69, 9.17) is 5.73 Å². The van der Waals surface area contributed by atoms with Crippen LogP contribution in [0.25, 0.3) is 0 Å². The van der Waals surface area contributed by atoms with Crippen molar-refractivity contribution >= 4 is 11.6 Å². The third-order valence-electron chi connectivity index (χ3n) is 1.68. The third-order valence-corrected chi connectivity index (χ3v) is 1.68. The fourth-order valence-electron chi connectivity index (χ4n) is 0.984. The van der Waals surface area contributed by atoms with Crippen LogP contribution in [0.4, 0.5) is 5.69 Å². The van der Waals surface area contributed by atoms with Gasteiger partial charge in [0.05, 0.1) is 17.5 Å². The van der Waals surface area contributed by atoms with Crippen LogP contribution in [0.3, 0.4) is 0 Å². The number of nitrogens with zero attached hydrogens (tertiary/aromatic N) is 2. The number of nitrogens with one attached hydrogen (secondary N) is 1. The van der Waals surface area contributed by atoms with Crippen LogP contribution < -0.4 is 11.1 Å². The lowest BCUT2D eigenvalue weighted by Gasteiger charge is -2.17. The summed E-state index contributed by atoms with van der Waals surface area (Å²) >= 11 is 0. The molecule has 6 heteroatoms. The fraction of sp³-hybridized carbons (Fsp3) is 0.556. The molecule has 84 valence electrons. The molecule has 6 nitrogen and oxygen atoms in total. The highest BCUT2D eigenvalue weighted by molar-refractivity contribution is 5.75. The van der Waals surface area contributed by atoms with Crippen molar-refractivity contribution in [3.05, 3.63) is 12.4 Å². The Bertz CT molecular complexity index is 340. The Morgan fingerprint density at radius 2 is 2.40 bits per heavy atom. The molecule has 1 heterocycles. The first-order valence-electron chi connectivity index (χ1n) is 4.64. The zero-order chi connectivity index (χ0) is 11.5. The van der Waals surface area contributed by atoms with Gasteiger partial charge in [-0.3, -0.25) is 9.48 Å². The van der Waals surface area contributed by atoms with Gasteiger partial charge in [-0.15, -0.1) is 0 Å². The Morgan fingerprint density at radius 1 is 1.73 bits per heavy atom. The molecule has 1 amide bonds. The lowest BCUT2D eigenvalue weighted by atomic mass is 10.1. The number of hydrogen-bond donors (Lipinski definition) is 3. The standard InChI is InChI=1S/C9H16N4O2/c1-9(2,15)6-11-8(14)5-13-4-7(10)3-12-13/h3-4,15H,5-6,10H2,1-2H3,(H,11,14). The molecular formula is C9H16N4O2. The summed E-state index contributed by atoms with van der Waals surface area (Å²) in [6, 6.07) is 0. The fourth-order valence-corrected chi connectivity index (χ4v) is 0.984. The van der Waals surface area contributed by atoms with E-state index in [2.05, 4.69) is 10.4 Å². The number of nitrogens with two attached hydrogens (primary N) is 1. The molecule has 4 N–H and O–H groups in total. The highest BCUT2D eigenvalue weighted by Crippen LogP contribution is 1.99. The smallest absolute Gasteiger partial charge is 0.241 e. The maximum atomic E-state index is 11.3. The molecule has 0 bridgehead atoms. The van der Waals surface area contributed by atoms with Crippen LogP contribution in [0.1, 0.15) is 13.8 Å². The van der Waals surface area contributed by atoms with Crippen molar-refractivity contribution in [3.8, 4) is 0 Å². The molecule has 1 aromatic heterocycles. The average molecular weight is 212 g/mol. The summed E-state index contributed by atoms with van der Waals surface area (Å²) < 4.78 is 1.44. The SMILES string of the molecule is CC(C)(O)CNC(=O)Cn1cc(N)cn1. The van der Waals surface area contributed by atoms with Crippen molar-refractivity contribution in [2.45, 2.75) is 26.0 Å². The number of aliphatic hydroxyl groups is 1. The number of aromatic nitrogens is 2. The summed E-state index contributed by atoms with van der Waals surface area (Å²) in [5.74, 6) is -0.208. The highest BCUT2D eigenvalue weighted by Gasteiger charge is 2.13. The van der Waals surface area contributed by atoms with E-state index in [9.17, 15) is 9.90 Å². The number of anilines is 1. The van der Waals surface area contributed by atoms with Gasteiger partial charge in [-0.1, -0.05) is 0 Å². The summed E-state index contributed by atoms with van der Waals surface area (Å²) in [4.78, 5) is 11.3. The molecule has 0 aliphatic carbocycles. The van der Waals surface area contributed by atoms with E-state index in [1.807, 2.05) is 0 Å². The van der Waals surface area contributed by atoms with Crippen LogP contribution in [-0.2, 0) is 11.3 Å². The molecule has 0 saturated heterocycles. The number of nitrogen functional groups attached to an aromatic ring is 1. The molecule has 0 radical (unpaired) electrons. The van der Waals surface area contributed by atoms with Gasteiger partial charge in [0, 0.05) is 12.7 Å². The Hall–Kier alpha value is -1.56. The van der Waals surface area contributed by atoms with Gasteiger partial charge in [-0.2, -0.15) is 5.10 Å². The van der Waals surface area contributed by atoms with Crippen molar-refractivity contribution in [2.75, 3.05) is 12.3 Å². The van der Waals surface area contributed by atoms with Gasteiger partial charge in [-0.25, -0.2) is 0 Å². The molecule has 0 aromatic carbocycles. The predicted molar refractivity (Wildman–Crippen MR) is 55.9 cm³/mol. The van der Waals surface area contributed by atoms with Crippen LogP contribution in [0.15, 0.2) is 12.4 Å². The molecule has 0 atom stereocenters. The molecule has 0 saturated carbocycles. The molecule has 1 rings (SSSR count). The molecule has 0 spiro atoms. The maximum Gasteiger partial charge on any atom is 0.241 e. The highest BCUT2D eigenvalue weighted by atomic mass is 16.3. The number of carbonyl (C=O) groups is 1. The summed E-state index contributed by atoms with van der Waals surface area (Å²) in [6.45, 7) is 3.56. The Balaban J connectivity index is 2.37. The second-order valence-electron chi connectivity index (χ2n) is 4.06. The summed E-state index contributed by atoms with van der Waals surface area (Å²) in [7, 11) is 0. The van der Waals surface area contributed by atoms with Crippen molar-refractivity contribution in [3.63, 3.8) is 0 Å². The van der Waals surface area contributed by atoms with E-state index in [1.165, 1.54) is 10.9 Å². The first-order chi connectivity index (χ1) is 6.87. The molecule has 0 aliphatic rings. The number of carbonyl (C=O) groups excluding carboxylic acids is 1. The normalized spacial score (nSPS) is 11.4. The molecule has 0 fully saturated rings. The molecule has 15 heavy (non-hydrogen) atoms. The van der Waals surface area contributed by atoms with E-state index in [1.54, 1.807) is 20.0 Å². The van der Waals surface area contributed by atoms with Gasteiger partial charge in [0.25, 0.3) is 0 Å². The van der Waals surface area contributed by atoms with Crippen LogP contribution in [0.5, 0.6) is 0 Å². The van der Waals surface area contributed by atoms with Crippen molar-refractivity contribution in [1.82, 2.24) is 15.1 Å². The topological polar surface area (TPSA) is 93.2 Å². The van der Waals surface area contributed by atoms with Crippen LogP contribution in [0.2, 0.25) is 0 Å². The van der Waals surface area contributed by atoms with Crippen LogP contribution >= 0.6 is 0 Å². The summed E-state index contributed by atoms with van der Waals surface area (Å²) in [5, 5.41) is 15.8. The van der Waals surface area contributed by atoms with Gasteiger partial charge in [0.1, 0.15) is 6.54 Å². The summed E-state index contributed by atoms with van der Waals surface area (Å²) in [6.07, 6.45) is 3.05. The van der Waals surface area contributed by atoms with Crippen molar-refractivity contribution in [1.29, 1.82) is 0 Å². The number of rotatable bonds is 4. The molecular weight excluding hydrogens is 196 g/mol. The Kier molecular flexibility index (Phi) is 3.31. The monoisotopic (exact) mass is 212 g/mol.